The first kappa shape index (κ1) is 16.8. The van der Waals surface area contributed by atoms with Crippen LogP contribution in [0.3, 0.4) is 0 Å². The van der Waals surface area contributed by atoms with Crippen LogP contribution in [0.15, 0.2) is 30.7 Å². The Bertz CT molecular complexity index is 777. The Morgan fingerprint density at radius 2 is 2.12 bits per heavy atom. The minimum Gasteiger partial charge on any atom is -0.477 e. The highest BCUT2D eigenvalue weighted by atomic mass is 16.5. The molecule has 1 aliphatic heterocycles. The maximum atomic E-state index is 12.4. The van der Waals surface area contributed by atoms with Gasteiger partial charge in [-0.2, -0.15) is 5.26 Å². The Morgan fingerprint density at radius 3 is 2.80 bits per heavy atom. The molecule has 25 heavy (non-hydrogen) atoms. The first-order valence-electron chi connectivity index (χ1n) is 8.22. The van der Waals surface area contributed by atoms with Gasteiger partial charge in [-0.3, -0.25) is 9.78 Å². The number of aromatic nitrogens is 3. The molecule has 1 aliphatic rings. The van der Waals surface area contributed by atoms with E-state index in [1.54, 1.807) is 24.5 Å². The predicted molar refractivity (Wildman–Crippen MR) is 89.8 cm³/mol. The Hall–Kier alpha value is -3.01. The molecule has 128 valence electrons. The molecule has 0 radical (unpaired) electrons. The van der Waals surface area contributed by atoms with E-state index in [0.29, 0.717) is 42.8 Å². The van der Waals surface area contributed by atoms with Gasteiger partial charge in [-0.25, -0.2) is 9.97 Å². The molecule has 0 bridgehead atoms. The molecular formula is C18H19N5O2. The number of pyridine rings is 1. The Balaban J connectivity index is 1.49. The molecule has 0 atom stereocenters. The summed E-state index contributed by atoms with van der Waals surface area (Å²) < 4.78 is 5.69. The Morgan fingerprint density at radius 1 is 1.32 bits per heavy atom. The van der Waals surface area contributed by atoms with E-state index in [1.807, 2.05) is 11.8 Å². The molecule has 1 fully saturated rings. The van der Waals surface area contributed by atoms with Crippen molar-refractivity contribution in [2.24, 2.45) is 5.92 Å². The third-order valence-electron chi connectivity index (χ3n) is 4.23. The normalized spacial score (nSPS) is 14.8. The summed E-state index contributed by atoms with van der Waals surface area (Å²) in [6, 6.07) is 5.34. The van der Waals surface area contributed by atoms with E-state index in [9.17, 15) is 4.79 Å². The van der Waals surface area contributed by atoms with Crippen LogP contribution in [0, 0.1) is 24.2 Å². The lowest BCUT2D eigenvalue weighted by atomic mass is 9.97. The number of hydrogen-bond acceptors (Lipinski definition) is 6. The predicted octanol–water partition coefficient (Wildman–Crippen LogP) is 1.98. The summed E-state index contributed by atoms with van der Waals surface area (Å²) in [4.78, 5) is 26.6. The highest BCUT2D eigenvalue weighted by molar-refractivity contribution is 5.92. The highest BCUT2D eigenvalue weighted by Crippen LogP contribution is 2.20. The Kier molecular flexibility index (Phi) is 5.19. The van der Waals surface area contributed by atoms with Gasteiger partial charge in [0.15, 0.2) is 0 Å². The molecule has 2 aromatic heterocycles. The van der Waals surface area contributed by atoms with Gasteiger partial charge in [0.1, 0.15) is 5.69 Å². The average molecular weight is 337 g/mol. The van der Waals surface area contributed by atoms with Gasteiger partial charge in [-0.15, -0.1) is 0 Å². The van der Waals surface area contributed by atoms with Gasteiger partial charge in [0, 0.05) is 31.5 Å². The van der Waals surface area contributed by atoms with Crippen LogP contribution in [-0.4, -0.2) is 45.5 Å². The molecule has 0 spiro atoms. The summed E-state index contributed by atoms with van der Waals surface area (Å²) in [7, 11) is 0. The first-order valence-corrected chi connectivity index (χ1v) is 8.22. The fourth-order valence-corrected chi connectivity index (χ4v) is 2.73. The van der Waals surface area contributed by atoms with Crippen molar-refractivity contribution < 1.29 is 9.53 Å². The molecule has 0 aromatic carbocycles. The highest BCUT2D eigenvalue weighted by Gasteiger charge is 2.25. The van der Waals surface area contributed by atoms with E-state index >= 15 is 0 Å². The van der Waals surface area contributed by atoms with Gasteiger partial charge in [0.2, 0.25) is 5.88 Å². The average Bonchev–Trinajstić information content (AvgIpc) is 2.67. The van der Waals surface area contributed by atoms with E-state index in [-0.39, 0.29) is 5.91 Å². The van der Waals surface area contributed by atoms with Crippen LogP contribution in [-0.2, 0) is 0 Å². The molecule has 0 unspecified atom stereocenters. The minimum absolute atomic E-state index is 0.0738. The lowest BCUT2D eigenvalue weighted by molar-refractivity contribution is 0.0653. The monoisotopic (exact) mass is 337 g/mol. The molecular weight excluding hydrogens is 318 g/mol. The summed E-state index contributed by atoms with van der Waals surface area (Å²) in [6.45, 7) is 3.73. The van der Waals surface area contributed by atoms with E-state index in [1.165, 1.54) is 6.20 Å². The summed E-state index contributed by atoms with van der Waals surface area (Å²) >= 11 is 0. The van der Waals surface area contributed by atoms with Crippen molar-refractivity contribution in [3.63, 3.8) is 0 Å². The Labute approximate surface area is 146 Å². The zero-order valence-corrected chi connectivity index (χ0v) is 14.1. The van der Waals surface area contributed by atoms with Gasteiger partial charge in [0.05, 0.1) is 30.1 Å². The van der Waals surface area contributed by atoms with E-state index in [2.05, 4.69) is 21.0 Å². The molecule has 0 aliphatic carbocycles. The van der Waals surface area contributed by atoms with Gasteiger partial charge in [0.25, 0.3) is 5.91 Å². The number of likely N-dealkylation sites (tertiary alicyclic amines) is 1. The fraction of sp³-hybridized carbons (Fsp3) is 0.389. The second-order valence-electron chi connectivity index (χ2n) is 6.08. The molecule has 2 aromatic rings. The largest absolute Gasteiger partial charge is 0.477 e. The van der Waals surface area contributed by atoms with Crippen molar-refractivity contribution in [1.82, 2.24) is 19.9 Å². The van der Waals surface area contributed by atoms with Crippen molar-refractivity contribution in [3.8, 4) is 11.9 Å². The number of piperidine rings is 1. The summed E-state index contributed by atoms with van der Waals surface area (Å²) in [5, 5.41) is 8.89. The number of nitriles is 1. The van der Waals surface area contributed by atoms with Crippen LogP contribution in [0.5, 0.6) is 5.88 Å². The van der Waals surface area contributed by atoms with Crippen LogP contribution in [0.4, 0.5) is 0 Å². The minimum atomic E-state index is -0.0738. The van der Waals surface area contributed by atoms with Crippen LogP contribution in [0.25, 0.3) is 0 Å². The van der Waals surface area contributed by atoms with E-state index in [4.69, 9.17) is 10.00 Å². The number of amides is 1. The quantitative estimate of drug-likeness (QED) is 0.847. The molecule has 1 saturated heterocycles. The van der Waals surface area contributed by atoms with Gasteiger partial charge in [-0.05, 0) is 31.7 Å². The van der Waals surface area contributed by atoms with Crippen LogP contribution in [0.2, 0.25) is 0 Å². The third kappa shape index (κ3) is 4.29. The zero-order valence-electron chi connectivity index (χ0n) is 14.1. The standard InChI is InChI=1S/C18H19N5O2/c1-13-10-22-16(11-21-13)18(24)23-6-3-14(4-7-23)12-25-17-8-15(9-19)2-5-20-17/h2,5,8,10-11,14H,3-4,6-7,12H2,1H3. The van der Waals surface area contributed by atoms with Crippen molar-refractivity contribution in [2.75, 3.05) is 19.7 Å². The van der Waals surface area contributed by atoms with Crippen molar-refractivity contribution >= 4 is 5.91 Å². The summed E-state index contributed by atoms with van der Waals surface area (Å²) in [5.41, 5.74) is 1.71. The first-order chi connectivity index (χ1) is 12.2. The maximum Gasteiger partial charge on any atom is 0.274 e. The molecule has 7 nitrogen and oxygen atoms in total. The number of carbonyl (C=O) groups excluding carboxylic acids is 1. The van der Waals surface area contributed by atoms with Crippen molar-refractivity contribution in [2.45, 2.75) is 19.8 Å². The van der Waals surface area contributed by atoms with Crippen molar-refractivity contribution in [1.29, 1.82) is 5.26 Å². The van der Waals surface area contributed by atoms with E-state index in [0.717, 1.165) is 18.5 Å². The van der Waals surface area contributed by atoms with Gasteiger partial charge in [-0.1, -0.05) is 0 Å². The molecule has 3 heterocycles. The summed E-state index contributed by atoms with van der Waals surface area (Å²) in [6.07, 6.45) is 6.43. The SMILES string of the molecule is Cc1cnc(C(=O)N2CCC(COc3cc(C#N)ccn3)CC2)cn1. The molecule has 0 N–H and O–H groups in total. The summed E-state index contributed by atoms with van der Waals surface area (Å²) in [5.74, 6) is 0.753. The van der Waals surface area contributed by atoms with Crippen LogP contribution in [0.1, 0.15) is 34.6 Å². The second-order valence-corrected chi connectivity index (χ2v) is 6.08. The zero-order chi connectivity index (χ0) is 17.6. The topological polar surface area (TPSA) is 92.0 Å². The molecule has 7 heteroatoms. The number of nitrogens with zero attached hydrogens (tertiary/aromatic N) is 5. The number of hydrogen-bond donors (Lipinski definition) is 0. The number of ether oxygens (including phenoxy) is 1. The molecule has 0 saturated carbocycles. The number of rotatable bonds is 4. The molecule has 3 rings (SSSR count). The van der Waals surface area contributed by atoms with Gasteiger partial charge < -0.3 is 9.64 Å². The van der Waals surface area contributed by atoms with Crippen molar-refractivity contribution in [3.05, 3.63) is 47.7 Å². The number of carbonyl (C=O) groups is 1. The lowest BCUT2D eigenvalue weighted by Gasteiger charge is -2.31. The smallest absolute Gasteiger partial charge is 0.274 e. The van der Waals surface area contributed by atoms with Crippen LogP contribution < -0.4 is 4.74 Å². The third-order valence-corrected chi connectivity index (χ3v) is 4.23. The van der Waals surface area contributed by atoms with Crippen LogP contribution >= 0.6 is 0 Å². The lowest BCUT2D eigenvalue weighted by Crippen LogP contribution is -2.40. The number of aryl methyl sites for hydroxylation is 1. The maximum absolute atomic E-state index is 12.4. The molecule has 1 amide bonds. The second kappa shape index (κ2) is 7.71. The fourth-order valence-electron chi connectivity index (χ4n) is 2.73. The van der Waals surface area contributed by atoms with Gasteiger partial charge >= 0.3 is 0 Å². The van der Waals surface area contributed by atoms with E-state index < -0.39 is 0 Å².